The van der Waals surface area contributed by atoms with Crippen LogP contribution in [0.25, 0.3) is 5.57 Å². The summed E-state index contributed by atoms with van der Waals surface area (Å²) in [6, 6.07) is 3.91. The van der Waals surface area contributed by atoms with E-state index >= 15 is 0 Å². The molecule has 94 valence electrons. The molecule has 3 aliphatic heterocycles. The lowest BCUT2D eigenvalue weighted by Crippen LogP contribution is -2.35. The van der Waals surface area contributed by atoms with Crippen LogP contribution in [0.3, 0.4) is 0 Å². The third kappa shape index (κ3) is 1.84. The monoisotopic (exact) mass is 242 g/mol. The first kappa shape index (κ1) is 11.5. The zero-order valence-corrected chi connectivity index (χ0v) is 10.9. The van der Waals surface area contributed by atoms with E-state index in [2.05, 4.69) is 16.1 Å². The van der Waals surface area contributed by atoms with E-state index in [0.717, 1.165) is 17.0 Å². The zero-order valence-electron chi connectivity index (χ0n) is 10.9. The molecule has 4 rings (SSSR count). The first-order valence-electron chi connectivity index (χ1n) is 6.60. The van der Waals surface area contributed by atoms with Crippen LogP contribution in [-0.2, 0) is 0 Å². The van der Waals surface area contributed by atoms with Crippen molar-refractivity contribution < 1.29 is 4.79 Å². The number of hydrogen-bond donors (Lipinski definition) is 0. The molecule has 0 unspecified atom stereocenters. The van der Waals surface area contributed by atoms with E-state index in [1.165, 1.54) is 31.5 Å². The lowest BCUT2D eigenvalue weighted by molar-refractivity contribution is 0.101. The van der Waals surface area contributed by atoms with Crippen molar-refractivity contribution in [3.63, 3.8) is 0 Å². The SMILES string of the molecule is CC(=O)c1ccc(C2=CN3CCC2CC3)nc1C. The van der Waals surface area contributed by atoms with Crippen LogP contribution in [0.4, 0.5) is 0 Å². The third-order valence-electron chi connectivity index (χ3n) is 4.05. The molecule has 18 heavy (non-hydrogen) atoms. The Kier molecular flexibility index (Phi) is 2.69. The van der Waals surface area contributed by atoms with Crippen molar-refractivity contribution in [2.24, 2.45) is 5.92 Å². The van der Waals surface area contributed by atoms with Gasteiger partial charge in [-0.1, -0.05) is 0 Å². The number of carbonyl (C=O) groups excluding carboxylic acids is 1. The average Bonchev–Trinajstić information content (AvgIpc) is 2.39. The topological polar surface area (TPSA) is 33.2 Å². The summed E-state index contributed by atoms with van der Waals surface area (Å²) in [6.45, 7) is 5.87. The van der Waals surface area contributed by atoms with Crippen LogP contribution in [0.5, 0.6) is 0 Å². The molecule has 1 aromatic rings. The quantitative estimate of drug-likeness (QED) is 0.747. The fourth-order valence-corrected chi connectivity index (χ4v) is 3.01. The van der Waals surface area contributed by atoms with Gasteiger partial charge in [-0.2, -0.15) is 0 Å². The molecule has 4 heterocycles. The van der Waals surface area contributed by atoms with Crippen LogP contribution >= 0.6 is 0 Å². The highest BCUT2D eigenvalue weighted by molar-refractivity contribution is 5.95. The summed E-state index contributed by atoms with van der Waals surface area (Å²) in [5, 5.41) is 0. The molecule has 0 spiro atoms. The molecule has 0 aromatic carbocycles. The second-order valence-corrected chi connectivity index (χ2v) is 5.28. The Balaban J connectivity index is 1.98. The second kappa shape index (κ2) is 4.23. The van der Waals surface area contributed by atoms with Crippen molar-refractivity contribution in [2.75, 3.05) is 13.1 Å². The maximum Gasteiger partial charge on any atom is 0.161 e. The largest absolute Gasteiger partial charge is 0.377 e. The van der Waals surface area contributed by atoms with Crippen molar-refractivity contribution in [3.8, 4) is 0 Å². The van der Waals surface area contributed by atoms with Gasteiger partial charge in [0.1, 0.15) is 0 Å². The second-order valence-electron chi connectivity index (χ2n) is 5.28. The first-order chi connectivity index (χ1) is 8.65. The Hall–Kier alpha value is -1.64. The van der Waals surface area contributed by atoms with Gasteiger partial charge in [0, 0.05) is 30.5 Å². The number of aromatic nitrogens is 1. The molecule has 3 aliphatic rings. The number of pyridine rings is 1. The van der Waals surface area contributed by atoms with Gasteiger partial charge in [0.2, 0.25) is 0 Å². The molecule has 1 saturated heterocycles. The molecule has 0 saturated carbocycles. The van der Waals surface area contributed by atoms with Crippen molar-refractivity contribution in [1.29, 1.82) is 0 Å². The highest BCUT2D eigenvalue weighted by Gasteiger charge is 2.28. The maximum absolute atomic E-state index is 11.4. The number of aryl methyl sites for hydroxylation is 1. The Morgan fingerprint density at radius 3 is 2.56 bits per heavy atom. The number of carbonyl (C=O) groups is 1. The van der Waals surface area contributed by atoms with Crippen LogP contribution in [0.1, 0.15) is 41.5 Å². The molecular formula is C15H18N2O. The minimum absolute atomic E-state index is 0.0921. The van der Waals surface area contributed by atoms with Gasteiger partial charge >= 0.3 is 0 Å². The predicted octanol–water partition coefficient (Wildman–Crippen LogP) is 2.66. The van der Waals surface area contributed by atoms with E-state index in [4.69, 9.17) is 0 Å². The normalized spacial score (nSPS) is 19.0. The minimum atomic E-state index is 0.0921. The van der Waals surface area contributed by atoms with Crippen LogP contribution < -0.4 is 0 Å². The standard InChI is InChI=1S/C15H18N2O/c1-10-13(11(2)18)3-4-15(16-10)14-9-17-7-5-12(14)6-8-17/h3-4,9,12H,5-8H2,1-2H3. The van der Waals surface area contributed by atoms with Gasteiger partial charge in [-0.15, -0.1) is 0 Å². The van der Waals surface area contributed by atoms with Gasteiger partial charge in [0.15, 0.2) is 5.78 Å². The van der Waals surface area contributed by atoms with E-state index in [1.807, 2.05) is 19.1 Å². The molecule has 0 N–H and O–H groups in total. The summed E-state index contributed by atoms with van der Waals surface area (Å²) in [5.41, 5.74) is 3.98. The number of rotatable bonds is 2. The van der Waals surface area contributed by atoms with E-state index < -0.39 is 0 Å². The molecule has 0 atom stereocenters. The number of piperidine rings is 1. The molecule has 2 bridgehead atoms. The van der Waals surface area contributed by atoms with Crippen molar-refractivity contribution in [3.05, 3.63) is 35.3 Å². The molecule has 0 radical (unpaired) electrons. The Bertz CT molecular complexity index is 525. The molecule has 0 aliphatic carbocycles. The number of hydrogen-bond acceptors (Lipinski definition) is 3. The lowest BCUT2D eigenvalue weighted by Gasteiger charge is -2.39. The predicted molar refractivity (Wildman–Crippen MR) is 71.3 cm³/mol. The number of nitrogens with zero attached hydrogens (tertiary/aromatic N) is 2. The van der Waals surface area contributed by atoms with E-state index in [-0.39, 0.29) is 5.78 Å². The van der Waals surface area contributed by atoms with Crippen LogP contribution in [0.15, 0.2) is 18.3 Å². The molecule has 3 nitrogen and oxygen atoms in total. The zero-order chi connectivity index (χ0) is 12.7. The molecule has 1 aromatic heterocycles. The highest BCUT2D eigenvalue weighted by atomic mass is 16.1. The van der Waals surface area contributed by atoms with Crippen molar-refractivity contribution in [2.45, 2.75) is 26.7 Å². The average molecular weight is 242 g/mol. The van der Waals surface area contributed by atoms with Gasteiger partial charge in [0.25, 0.3) is 0 Å². The van der Waals surface area contributed by atoms with E-state index in [9.17, 15) is 4.79 Å². The molecule has 3 heteroatoms. The first-order valence-corrected chi connectivity index (χ1v) is 6.60. The number of ketones is 1. The van der Waals surface area contributed by atoms with Gasteiger partial charge < -0.3 is 4.90 Å². The summed E-state index contributed by atoms with van der Waals surface area (Å²) in [6.07, 6.45) is 4.73. The van der Waals surface area contributed by atoms with Gasteiger partial charge in [0.05, 0.1) is 5.69 Å². The van der Waals surface area contributed by atoms with Crippen LogP contribution in [-0.4, -0.2) is 28.8 Å². The summed E-state index contributed by atoms with van der Waals surface area (Å²) >= 11 is 0. The Labute approximate surface area is 108 Å². The van der Waals surface area contributed by atoms with Gasteiger partial charge in [-0.3, -0.25) is 9.78 Å². The van der Waals surface area contributed by atoms with Crippen molar-refractivity contribution in [1.82, 2.24) is 9.88 Å². The third-order valence-corrected chi connectivity index (χ3v) is 4.05. The summed E-state index contributed by atoms with van der Waals surface area (Å²) in [5.74, 6) is 0.750. The fourth-order valence-electron chi connectivity index (χ4n) is 3.01. The number of Topliss-reactive ketones (excluding diaryl/α,β-unsaturated/α-hetero) is 1. The van der Waals surface area contributed by atoms with Gasteiger partial charge in [-0.25, -0.2) is 0 Å². The minimum Gasteiger partial charge on any atom is -0.377 e. The highest BCUT2D eigenvalue weighted by Crippen LogP contribution is 2.36. The molecule has 0 amide bonds. The van der Waals surface area contributed by atoms with Crippen LogP contribution in [0, 0.1) is 12.8 Å². The Morgan fingerprint density at radius 1 is 1.33 bits per heavy atom. The maximum atomic E-state index is 11.4. The number of allylic oxidation sites excluding steroid dienone is 1. The summed E-state index contributed by atoms with van der Waals surface area (Å²) in [4.78, 5) is 18.4. The van der Waals surface area contributed by atoms with E-state index in [0.29, 0.717) is 5.92 Å². The van der Waals surface area contributed by atoms with Crippen molar-refractivity contribution >= 4 is 11.4 Å². The van der Waals surface area contributed by atoms with E-state index in [1.54, 1.807) is 6.92 Å². The number of fused-ring (bicyclic) bond motifs is 2. The lowest BCUT2D eigenvalue weighted by atomic mass is 9.84. The summed E-state index contributed by atoms with van der Waals surface area (Å²) in [7, 11) is 0. The van der Waals surface area contributed by atoms with Gasteiger partial charge in [-0.05, 0) is 50.3 Å². The fraction of sp³-hybridized carbons (Fsp3) is 0.467. The summed E-state index contributed by atoms with van der Waals surface area (Å²) < 4.78 is 0. The molecular weight excluding hydrogens is 224 g/mol. The van der Waals surface area contributed by atoms with Crippen LogP contribution in [0.2, 0.25) is 0 Å². The Morgan fingerprint density at radius 2 is 2.06 bits per heavy atom. The smallest absolute Gasteiger partial charge is 0.161 e. The molecule has 1 fully saturated rings.